The lowest BCUT2D eigenvalue weighted by Gasteiger charge is -2.38. The molecule has 4 aliphatic rings. The number of allylic oxidation sites excluding steroid dienone is 7. The highest BCUT2D eigenvalue weighted by Crippen LogP contribution is 2.48. The lowest BCUT2D eigenvalue weighted by atomic mass is 9.81. The summed E-state index contributed by atoms with van der Waals surface area (Å²) in [5.74, 6) is -0.604. The number of hydrogen-bond donors (Lipinski definition) is 4. The normalized spacial score (nSPS) is 18.6. The monoisotopic (exact) mass is 1240 g/mol. The van der Waals surface area contributed by atoms with Crippen molar-refractivity contribution in [1.29, 1.82) is 0 Å². The summed E-state index contributed by atoms with van der Waals surface area (Å²) in [6.07, 6.45) is 14.2. The summed E-state index contributed by atoms with van der Waals surface area (Å²) in [5.41, 5.74) is 15.5. The molecule has 436 valence electrons. The summed E-state index contributed by atoms with van der Waals surface area (Å²) >= 11 is 0. The molecule has 0 bridgehead atoms. The number of azo groups is 2. The van der Waals surface area contributed by atoms with Gasteiger partial charge in [0.15, 0.2) is 5.71 Å². The standard InChI is InChI=1S/C71H76N10O3.HI/c1-8-80-61-33-17-15-30-54(61)69(3,4)63(80)41-35-48-23-21-24-49(36-42-64-70(5,6)55-31-16-18-34-62(55)81(64)9-2)68(48)73-46-20-19-45-72-65(82)43-44-66(83)84-47-71(7)74-59-32-22-29-53-58(39-40-60(75-71)67(53)59)79-78-57-38-37-56(51-27-13-14-28-52(51)57)77-76-50-25-11-10-12-26-50;/h10-18,22,25-42H,8-9,19-21,23-24,43-47H2,1-7H3,(H3,72,74,75,76,78,82);1H/b48-35+,63-41+;. The van der Waals surface area contributed by atoms with Gasteiger partial charge in [0.2, 0.25) is 11.6 Å². The lowest BCUT2D eigenvalue weighted by Crippen LogP contribution is -3.00. The fourth-order valence-electron chi connectivity index (χ4n) is 12.6. The van der Waals surface area contributed by atoms with Crippen molar-refractivity contribution in [2.75, 3.05) is 48.3 Å². The lowest BCUT2D eigenvalue weighted by molar-refractivity contribution is -0.433. The number of fused-ring (bicyclic) bond motifs is 3. The minimum Gasteiger partial charge on any atom is -1.00 e. The van der Waals surface area contributed by atoms with Crippen LogP contribution < -0.4 is 50.1 Å². The number of anilines is 3. The predicted molar refractivity (Wildman–Crippen MR) is 342 cm³/mol. The van der Waals surface area contributed by atoms with Crippen molar-refractivity contribution in [3.8, 4) is 0 Å². The van der Waals surface area contributed by atoms with E-state index in [0.717, 1.165) is 102 Å². The predicted octanol–water partition coefficient (Wildman–Crippen LogP) is 13.9. The van der Waals surface area contributed by atoms with Crippen LogP contribution in [-0.4, -0.2) is 60.6 Å². The van der Waals surface area contributed by atoms with Crippen molar-refractivity contribution in [2.45, 2.75) is 110 Å². The van der Waals surface area contributed by atoms with Gasteiger partial charge >= 0.3 is 5.97 Å². The van der Waals surface area contributed by atoms with E-state index in [2.05, 4.69) is 155 Å². The molecule has 7 aromatic rings. The largest absolute Gasteiger partial charge is 1.00 e. The number of nitrogens with one attached hydrogen (secondary N) is 4. The Hall–Kier alpha value is -8.24. The fraction of sp³-hybridized carbons (Fsp3) is 0.310. The zero-order valence-electron chi connectivity index (χ0n) is 49.9. The van der Waals surface area contributed by atoms with Crippen LogP contribution in [0.1, 0.15) is 105 Å². The van der Waals surface area contributed by atoms with Crippen LogP contribution in [0.15, 0.2) is 213 Å². The maximum Gasteiger partial charge on any atom is 0.306 e. The summed E-state index contributed by atoms with van der Waals surface area (Å²) in [7, 11) is 0. The Labute approximate surface area is 517 Å². The van der Waals surface area contributed by atoms with E-state index in [1.807, 2.05) is 104 Å². The number of rotatable bonds is 20. The zero-order chi connectivity index (χ0) is 58.4. The Morgan fingerprint density at radius 2 is 1.28 bits per heavy atom. The number of amides is 1. The molecular weight excluding hydrogens is 1170 g/mol. The third-order valence-corrected chi connectivity index (χ3v) is 17.0. The fourth-order valence-corrected chi connectivity index (χ4v) is 12.6. The van der Waals surface area contributed by atoms with Gasteiger partial charge in [0, 0.05) is 99.2 Å². The molecule has 11 rings (SSSR count). The minimum absolute atomic E-state index is 0. The molecule has 1 aliphatic carbocycles. The number of ether oxygens (including phenoxy) is 1. The summed E-state index contributed by atoms with van der Waals surface area (Å²) < 4.78 is 8.28. The maximum absolute atomic E-state index is 13.2. The van der Waals surface area contributed by atoms with Crippen molar-refractivity contribution < 1.29 is 42.9 Å². The molecule has 7 aromatic carbocycles. The zero-order valence-corrected chi connectivity index (χ0v) is 52.1. The highest BCUT2D eigenvalue weighted by Gasteiger charge is 2.44. The minimum atomic E-state index is -0.808. The van der Waals surface area contributed by atoms with Crippen LogP contribution in [0, 0.1) is 0 Å². The van der Waals surface area contributed by atoms with Gasteiger partial charge < -0.3 is 54.9 Å². The summed E-state index contributed by atoms with van der Waals surface area (Å²) in [6.45, 7) is 18.9. The number of halogens is 1. The quantitative estimate of drug-likeness (QED) is 0.0195. The molecule has 0 saturated carbocycles. The molecule has 14 heteroatoms. The highest BCUT2D eigenvalue weighted by molar-refractivity contribution is 6.10. The van der Waals surface area contributed by atoms with E-state index in [1.165, 1.54) is 50.8 Å². The van der Waals surface area contributed by atoms with E-state index < -0.39 is 11.6 Å². The first-order valence-electron chi connectivity index (χ1n) is 29.9. The highest BCUT2D eigenvalue weighted by atomic mass is 127. The molecule has 0 saturated heterocycles. The van der Waals surface area contributed by atoms with Crippen LogP contribution in [-0.2, 0) is 25.2 Å². The van der Waals surface area contributed by atoms with Crippen molar-refractivity contribution >= 4 is 84.6 Å². The molecule has 1 amide bonds. The van der Waals surface area contributed by atoms with Gasteiger partial charge in [0.1, 0.15) is 18.8 Å². The van der Waals surface area contributed by atoms with Crippen LogP contribution in [0.2, 0.25) is 0 Å². The number of benzene rings is 7. The van der Waals surface area contributed by atoms with E-state index in [-0.39, 0.29) is 60.2 Å². The maximum atomic E-state index is 13.2. The smallest absolute Gasteiger partial charge is 0.306 e. The Balaban J connectivity index is 0.00000803. The number of carbonyl (C=O) groups is 2. The van der Waals surface area contributed by atoms with Gasteiger partial charge in [-0.3, -0.25) is 9.59 Å². The second kappa shape index (κ2) is 25.9. The summed E-state index contributed by atoms with van der Waals surface area (Å²) in [5, 5.41) is 36.3. The first-order valence-corrected chi connectivity index (χ1v) is 29.9. The third kappa shape index (κ3) is 12.6. The molecule has 85 heavy (non-hydrogen) atoms. The number of unbranched alkanes of at least 4 members (excludes halogenated alkanes) is 1. The second-order valence-electron chi connectivity index (χ2n) is 23.5. The topological polar surface area (TPSA) is 147 Å². The molecular formula is C71H77IN10O3. The molecule has 0 aromatic heterocycles. The van der Waals surface area contributed by atoms with Crippen LogP contribution in [0.4, 0.5) is 45.5 Å². The molecule has 4 N–H and O–H groups in total. The van der Waals surface area contributed by atoms with E-state index >= 15 is 0 Å². The molecule has 1 atom stereocenters. The van der Waals surface area contributed by atoms with E-state index in [4.69, 9.17) is 15.0 Å². The molecule has 3 aliphatic heterocycles. The molecule has 0 spiro atoms. The Bertz CT molecular complexity index is 3880. The Morgan fingerprint density at radius 3 is 2.02 bits per heavy atom. The SMILES string of the molecule is CCN1/C(=C/C=C2\CCCC(/C=C/C3=[N+](CC)c4ccccc4C3(C)C)=C2NCCCCNC(=O)CCC(=O)OCC2(C)Nc3cccc4c(/N=N/c5ccc(/N=N/c6ccccc6)c6ccccc56)ccc(c34)N2)C(C)(C)c2ccccc21.[I-]. The number of para-hydroxylation sites is 2. The van der Waals surface area contributed by atoms with Crippen molar-refractivity contribution in [3.63, 3.8) is 0 Å². The average Bonchev–Trinajstić information content (AvgIpc) is 4.15. The molecule has 0 radical (unpaired) electrons. The number of likely N-dealkylation sites (N-methyl/N-ethyl adjacent to an activating group) is 1. The van der Waals surface area contributed by atoms with E-state index in [1.54, 1.807) is 0 Å². The molecule has 1 unspecified atom stereocenters. The van der Waals surface area contributed by atoms with Gasteiger partial charge in [-0.05, 0) is 138 Å². The number of hydrogen-bond acceptors (Lipinski definition) is 11. The van der Waals surface area contributed by atoms with Crippen LogP contribution in [0.5, 0.6) is 0 Å². The van der Waals surface area contributed by atoms with Crippen molar-refractivity contribution in [1.82, 2.24) is 10.6 Å². The van der Waals surface area contributed by atoms with Gasteiger partial charge in [-0.2, -0.15) is 9.69 Å². The van der Waals surface area contributed by atoms with Gasteiger partial charge in [-0.1, -0.05) is 117 Å². The Morgan fingerprint density at radius 1 is 0.647 bits per heavy atom. The number of esters is 1. The average molecular weight is 1250 g/mol. The third-order valence-electron chi connectivity index (χ3n) is 17.0. The van der Waals surface area contributed by atoms with Gasteiger partial charge in [-0.15, -0.1) is 15.3 Å². The van der Waals surface area contributed by atoms with Gasteiger partial charge in [0.05, 0.1) is 34.6 Å². The van der Waals surface area contributed by atoms with E-state index in [0.29, 0.717) is 12.2 Å². The van der Waals surface area contributed by atoms with E-state index in [9.17, 15) is 9.59 Å². The first kappa shape index (κ1) is 59.9. The second-order valence-corrected chi connectivity index (χ2v) is 23.5. The van der Waals surface area contributed by atoms with Crippen molar-refractivity contribution in [2.24, 2.45) is 20.5 Å². The van der Waals surface area contributed by atoms with Crippen LogP contribution in [0.25, 0.3) is 21.5 Å². The molecule has 0 fully saturated rings. The molecule has 13 nitrogen and oxygen atoms in total. The molecule has 3 heterocycles. The summed E-state index contributed by atoms with van der Waals surface area (Å²) in [6, 6.07) is 49.0. The Kier molecular flexibility index (Phi) is 18.3. The first-order chi connectivity index (χ1) is 40.8. The number of nitrogens with zero attached hydrogens (tertiary/aromatic N) is 6. The van der Waals surface area contributed by atoms with Crippen LogP contribution in [0.3, 0.4) is 0 Å². The summed E-state index contributed by atoms with van der Waals surface area (Å²) in [4.78, 5) is 28.7. The number of carbonyl (C=O) groups excluding carboxylic acids is 2. The van der Waals surface area contributed by atoms with Gasteiger partial charge in [0.25, 0.3) is 0 Å². The van der Waals surface area contributed by atoms with Crippen molar-refractivity contribution in [3.05, 3.63) is 204 Å². The van der Waals surface area contributed by atoms with Gasteiger partial charge in [-0.25, -0.2) is 0 Å². The van der Waals surface area contributed by atoms with Crippen LogP contribution >= 0.6 is 0 Å².